The molecular weight excluding hydrogens is 342 g/mol. The summed E-state index contributed by atoms with van der Waals surface area (Å²) in [5, 5.41) is 5.78. The first kappa shape index (κ1) is 23.2. The molecule has 3 nitrogen and oxygen atoms in total. The van der Waals surface area contributed by atoms with E-state index >= 15 is 0 Å². The molecule has 1 aromatic rings. The number of hydrogen-bond donors (Lipinski definition) is 1. The van der Waals surface area contributed by atoms with Gasteiger partial charge in [0.05, 0.1) is 0 Å². The number of esters is 1. The zero-order chi connectivity index (χ0) is 19.4. The number of rotatable bonds is 14. The van der Waals surface area contributed by atoms with Crippen molar-refractivity contribution in [1.82, 2.24) is 5.32 Å². The number of hydrogen-bond acceptors (Lipinski definition) is 4. The summed E-state index contributed by atoms with van der Waals surface area (Å²) < 4.78 is 5.85. The van der Waals surface area contributed by atoms with Crippen LogP contribution in [-0.2, 0) is 9.53 Å². The van der Waals surface area contributed by atoms with Gasteiger partial charge >= 0.3 is 5.97 Å². The maximum absolute atomic E-state index is 12.1. The molecule has 2 unspecified atom stereocenters. The third kappa shape index (κ3) is 8.68. The Bertz CT molecular complexity index is 498. The molecule has 0 aromatic carbocycles. The predicted molar refractivity (Wildman–Crippen MR) is 113 cm³/mol. The first-order chi connectivity index (χ1) is 12.5. The van der Waals surface area contributed by atoms with Crippen molar-refractivity contribution < 1.29 is 9.53 Å². The second-order valence-electron chi connectivity index (χ2n) is 7.61. The second kappa shape index (κ2) is 13.3. The van der Waals surface area contributed by atoms with Gasteiger partial charge < -0.3 is 10.1 Å². The summed E-state index contributed by atoms with van der Waals surface area (Å²) in [4.78, 5) is 13.3. The molecule has 0 fully saturated rings. The third-order valence-electron chi connectivity index (χ3n) is 4.75. The molecule has 2 atom stereocenters. The summed E-state index contributed by atoms with van der Waals surface area (Å²) >= 11 is 1.71. The van der Waals surface area contributed by atoms with Gasteiger partial charge in [0.25, 0.3) is 0 Å². The summed E-state index contributed by atoms with van der Waals surface area (Å²) in [6, 6.07) is 2.34. The van der Waals surface area contributed by atoms with Gasteiger partial charge in [-0.25, -0.2) is 0 Å². The highest BCUT2D eigenvalue weighted by atomic mass is 32.1. The fourth-order valence-corrected chi connectivity index (χ4v) is 4.18. The van der Waals surface area contributed by atoms with E-state index in [-0.39, 0.29) is 18.1 Å². The molecule has 1 rings (SSSR count). The van der Waals surface area contributed by atoms with E-state index in [1.54, 1.807) is 11.3 Å². The smallest absolute Gasteiger partial charge is 0.306 e. The number of nitrogens with one attached hydrogen (secondary N) is 1. The lowest BCUT2D eigenvalue weighted by Gasteiger charge is -2.24. The van der Waals surface area contributed by atoms with E-state index in [2.05, 4.69) is 44.5 Å². The first-order valence-electron chi connectivity index (χ1n) is 10.5. The highest BCUT2D eigenvalue weighted by Gasteiger charge is 2.25. The molecule has 1 N–H and O–H groups in total. The monoisotopic (exact) mass is 381 g/mol. The predicted octanol–water partition coefficient (Wildman–Crippen LogP) is 6.59. The van der Waals surface area contributed by atoms with Crippen LogP contribution >= 0.6 is 11.3 Å². The second-order valence-corrected chi connectivity index (χ2v) is 8.55. The van der Waals surface area contributed by atoms with E-state index in [1.165, 1.54) is 44.1 Å². The number of unbranched alkanes of at least 4 members (excludes halogenated alkanes) is 5. The minimum absolute atomic E-state index is 0.0924. The molecule has 0 radical (unpaired) electrons. The Morgan fingerprint density at radius 2 is 1.77 bits per heavy atom. The topological polar surface area (TPSA) is 38.3 Å². The first-order valence-corrected chi connectivity index (χ1v) is 11.4. The molecule has 0 aliphatic carbocycles. The molecule has 0 saturated carbocycles. The molecule has 0 aliphatic heterocycles. The van der Waals surface area contributed by atoms with Crippen LogP contribution in [0.25, 0.3) is 0 Å². The van der Waals surface area contributed by atoms with E-state index in [0.29, 0.717) is 12.3 Å². The molecule has 26 heavy (non-hydrogen) atoms. The Balaban J connectivity index is 2.58. The van der Waals surface area contributed by atoms with Crippen LogP contribution in [0.15, 0.2) is 11.4 Å². The average molecular weight is 382 g/mol. The number of thiophene rings is 1. The van der Waals surface area contributed by atoms with Crippen molar-refractivity contribution in [2.75, 3.05) is 6.54 Å². The van der Waals surface area contributed by atoms with Gasteiger partial charge in [-0.1, -0.05) is 59.8 Å². The fraction of sp³-hybridized carbons (Fsp3) is 0.773. The summed E-state index contributed by atoms with van der Waals surface area (Å²) in [6.45, 7) is 11.8. The highest BCUT2D eigenvalue weighted by Crippen LogP contribution is 2.31. The molecule has 1 heterocycles. The zero-order valence-electron chi connectivity index (χ0n) is 17.5. The molecular formula is C22H39NO2S. The zero-order valence-corrected chi connectivity index (χ0v) is 18.3. The summed E-state index contributed by atoms with van der Waals surface area (Å²) in [6.07, 6.45) is 8.89. The van der Waals surface area contributed by atoms with Crippen molar-refractivity contribution in [1.29, 1.82) is 0 Å². The van der Waals surface area contributed by atoms with Gasteiger partial charge in [-0.2, -0.15) is 0 Å². The Morgan fingerprint density at radius 3 is 2.38 bits per heavy atom. The van der Waals surface area contributed by atoms with Gasteiger partial charge in [0, 0.05) is 17.3 Å². The molecule has 0 spiro atoms. The van der Waals surface area contributed by atoms with Gasteiger partial charge in [-0.3, -0.25) is 4.79 Å². The van der Waals surface area contributed by atoms with Crippen molar-refractivity contribution in [2.24, 2.45) is 0 Å². The lowest BCUT2D eigenvalue weighted by Crippen LogP contribution is -2.35. The third-order valence-corrected chi connectivity index (χ3v) is 5.76. The van der Waals surface area contributed by atoms with Crippen LogP contribution in [0, 0.1) is 0 Å². The van der Waals surface area contributed by atoms with Gasteiger partial charge in [0.2, 0.25) is 0 Å². The largest absolute Gasteiger partial charge is 0.455 e. The number of carbonyl (C=O) groups excluding carboxylic acids is 1. The lowest BCUT2D eigenvalue weighted by atomic mass is 10.0. The summed E-state index contributed by atoms with van der Waals surface area (Å²) in [7, 11) is 0. The molecule has 0 aliphatic rings. The van der Waals surface area contributed by atoms with Gasteiger partial charge in [0.1, 0.15) is 0 Å². The Hall–Kier alpha value is -0.870. The van der Waals surface area contributed by atoms with E-state index in [4.69, 9.17) is 4.74 Å². The highest BCUT2D eigenvalue weighted by molar-refractivity contribution is 7.10. The average Bonchev–Trinajstić information content (AvgIpc) is 3.09. The van der Waals surface area contributed by atoms with Crippen molar-refractivity contribution >= 4 is 17.3 Å². The van der Waals surface area contributed by atoms with Gasteiger partial charge in [0.15, 0.2) is 6.10 Å². The van der Waals surface area contributed by atoms with Crippen LogP contribution in [-0.4, -0.2) is 18.6 Å². The quantitative estimate of drug-likeness (QED) is 0.291. The van der Waals surface area contributed by atoms with Crippen LogP contribution in [0.5, 0.6) is 0 Å². The van der Waals surface area contributed by atoms with Crippen LogP contribution in [0.4, 0.5) is 0 Å². The SMILES string of the molecule is CCCCCCCCNC(C)C(OC(=O)CCC)c1cc(C(C)C)cs1. The molecule has 1 aromatic heterocycles. The molecule has 0 bridgehead atoms. The Morgan fingerprint density at radius 1 is 1.08 bits per heavy atom. The van der Waals surface area contributed by atoms with E-state index in [1.807, 2.05) is 6.92 Å². The van der Waals surface area contributed by atoms with Crippen LogP contribution in [0.1, 0.15) is 108 Å². The Kier molecular flexibility index (Phi) is 11.9. The molecule has 0 amide bonds. The molecule has 150 valence electrons. The normalized spacial score (nSPS) is 13.8. The van der Waals surface area contributed by atoms with Gasteiger partial charge in [-0.15, -0.1) is 11.3 Å². The van der Waals surface area contributed by atoms with Gasteiger partial charge in [-0.05, 0) is 49.2 Å². The van der Waals surface area contributed by atoms with Crippen molar-refractivity contribution in [3.05, 3.63) is 21.9 Å². The van der Waals surface area contributed by atoms with Crippen LogP contribution in [0.3, 0.4) is 0 Å². The standard InChI is InChI=1S/C22H39NO2S/c1-6-8-9-10-11-12-14-23-18(5)22(25-21(24)13-7-2)20-15-19(16-26-20)17(3)4/h15-18,22-23H,6-14H2,1-5H3. The van der Waals surface area contributed by atoms with E-state index < -0.39 is 0 Å². The van der Waals surface area contributed by atoms with Crippen LogP contribution < -0.4 is 5.32 Å². The van der Waals surface area contributed by atoms with E-state index in [0.717, 1.165) is 17.8 Å². The summed E-state index contributed by atoms with van der Waals surface area (Å²) in [5.74, 6) is 0.406. The molecule has 0 saturated heterocycles. The minimum Gasteiger partial charge on any atom is -0.455 e. The van der Waals surface area contributed by atoms with E-state index in [9.17, 15) is 4.79 Å². The summed E-state index contributed by atoms with van der Waals surface area (Å²) in [5.41, 5.74) is 1.32. The molecule has 4 heteroatoms. The maximum Gasteiger partial charge on any atom is 0.306 e. The van der Waals surface area contributed by atoms with Crippen molar-refractivity contribution in [3.8, 4) is 0 Å². The fourth-order valence-electron chi connectivity index (χ4n) is 2.97. The maximum atomic E-state index is 12.1. The minimum atomic E-state index is -0.188. The lowest BCUT2D eigenvalue weighted by molar-refractivity contribution is -0.150. The number of carbonyl (C=O) groups is 1. The van der Waals surface area contributed by atoms with Crippen molar-refractivity contribution in [3.63, 3.8) is 0 Å². The van der Waals surface area contributed by atoms with Crippen molar-refractivity contribution in [2.45, 2.75) is 104 Å². The number of ether oxygens (including phenoxy) is 1. The Labute approximate surface area is 164 Å². The van der Waals surface area contributed by atoms with Crippen LogP contribution in [0.2, 0.25) is 0 Å².